The second-order valence-electron chi connectivity index (χ2n) is 7.77. The van der Waals surface area contributed by atoms with Crippen LogP contribution in [0.25, 0.3) is 0 Å². The van der Waals surface area contributed by atoms with Gasteiger partial charge in [0.15, 0.2) is 0 Å². The van der Waals surface area contributed by atoms with E-state index >= 15 is 0 Å². The van der Waals surface area contributed by atoms with Gasteiger partial charge < -0.3 is 15.0 Å². The van der Waals surface area contributed by atoms with Crippen LogP contribution in [0.1, 0.15) is 39.5 Å². The lowest BCUT2D eigenvalue weighted by atomic mass is 9.91. The van der Waals surface area contributed by atoms with Gasteiger partial charge in [-0.2, -0.15) is 0 Å². The summed E-state index contributed by atoms with van der Waals surface area (Å²) in [6.07, 6.45) is 4.36. The Hall–Kier alpha value is -0.650. The predicted octanol–water partition coefficient (Wildman–Crippen LogP) is 1.33. The Labute approximate surface area is 135 Å². The molecule has 128 valence electrons. The number of carbonyl (C=O) groups is 1. The highest BCUT2D eigenvalue weighted by molar-refractivity contribution is 5.80. The molecular weight excluding hydrogens is 278 g/mol. The number of nitrogens with one attached hydrogen (secondary N) is 1. The molecule has 0 saturated carbocycles. The molecule has 2 heterocycles. The monoisotopic (exact) mass is 311 g/mol. The molecule has 0 bridgehead atoms. The lowest BCUT2D eigenvalue weighted by molar-refractivity contribution is -0.134. The van der Waals surface area contributed by atoms with Crippen molar-refractivity contribution in [2.24, 2.45) is 5.92 Å². The van der Waals surface area contributed by atoms with Crippen molar-refractivity contribution in [1.82, 2.24) is 15.1 Å². The molecule has 0 aromatic heterocycles. The number of rotatable bonds is 7. The molecule has 2 aliphatic heterocycles. The van der Waals surface area contributed by atoms with Crippen LogP contribution in [-0.4, -0.2) is 74.2 Å². The van der Waals surface area contributed by atoms with Crippen LogP contribution in [-0.2, 0) is 9.53 Å². The molecule has 22 heavy (non-hydrogen) atoms. The fraction of sp³-hybridized carbons (Fsp3) is 0.941. The van der Waals surface area contributed by atoms with Crippen LogP contribution < -0.4 is 5.32 Å². The van der Waals surface area contributed by atoms with Gasteiger partial charge in [-0.05, 0) is 60.2 Å². The van der Waals surface area contributed by atoms with E-state index in [1.54, 1.807) is 0 Å². The quantitative estimate of drug-likeness (QED) is 0.770. The second-order valence-corrected chi connectivity index (χ2v) is 7.77. The summed E-state index contributed by atoms with van der Waals surface area (Å²) in [6, 6.07) is 0.630. The third-order valence-electron chi connectivity index (χ3n) is 4.86. The first-order valence-electron chi connectivity index (χ1n) is 8.66. The summed E-state index contributed by atoms with van der Waals surface area (Å²) in [5.41, 5.74) is -0.105. The molecule has 0 aromatic rings. The zero-order valence-electron chi connectivity index (χ0n) is 14.7. The largest absolute Gasteiger partial charge is 0.381 e. The summed E-state index contributed by atoms with van der Waals surface area (Å²) in [7, 11) is 4.18. The van der Waals surface area contributed by atoms with E-state index in [4.69, 9.17) is 4.74 Å². The van der Waals surface area contributed by atoms with Crippen LogP contribution in [0, 0.1) is 5.92 Å². The molecule has 0 aliphatic carbocycles. The van der Waals surface area contributed by atoms with E-state index in [0.717, 1.165) is 58.5 Å². The van der Waals surface area contributed by atoms with Crippen LogP contribution in [0.2, 0.25) is 0 Å². The topological polar surface area (TPSA) is 44.8 Å². The van der Waals surface area contributed by atoms with Gasteiger partial charge in [-0.1, -0.05) is 0 Å². The van der Waals surface area contributed by atoms with Crippen LogP contribution >= 0.6 is 0 Å². The SMILES string of the molecule is CN(C)CCCC(C)(C)NC(=O)C1CN(C2CCOCC2)C1. The Balaban J connectivity index is 1.67. The van der Waals surface area contributed by atoms with Crippen molar-refractivity contribution >= 4 is 5.91 Å². The Morgan fingerprint density at radius 3 is 2.50 bits per heavy atom. The van der Waals surface area contributed by atoms with Gasteiger partial charge >= 0.3 is 0 Å². The van der Waals surface area contributed by atoms with Crippen molar-refractivity contribution in [3.63, 3.8) is 0 Å². The van der Waals surface area contributed by atoms with Crippen molar-refractivity contribution in [3.8, 4) is 0 Å². The Bertz CT molecular complexity index is 359. The van der Waals surface area contributed by atoms with Gasteiger partial charge in [-0.3, -0.25) is 9.69 Å². The summed E-state index contributed by atoms with van der Waals surface area (Å²) in [4.78, 5) is 17.0. The Morgan fingerprint density at radius 2 is 1.91 bits per heavy atom. The van der Waals surface area contributed by atoms with Crippen molar-refractivity contribution < 1.29 is 9.53 Å². The molecule has 0 radical (unpaired) electrons. The summed E-state index contributed by atoms with van der Waals surface area (Å²) in [6.45, 7) is 8.92. The number of hydrogen-bond donors (Lipinski definition) is 1. The molecule has 2 aliphatic rings. The molecule has 1 N–H and O–H groups in total. The van der Waals surface area contributed by atoms with Crippen LogP contribution in [0.3, 0.4) is 0 Å². The van der Waals surface area contributed by atoms with Gasteiger partial charge in [0.1, 0.15) is 0 Å². The van der Waals surface area contributed by atoms with E-state index < -0.39 is 0 Å². The van der Waals surface area contributed by atoms with Gasteiger partial charge in [-0.15, -0.1) is 0 Å². The number of nitrogens with zero attached hydrogens (tertiary/aromatic N) is 2. The van der Waals surface area contributed by atoms with Crippen molar-refractivity contribution in [2.45, 2.75) is 51.1 Å². The average molecular weight is 311 g/mol. The van der Waals surface area contributed by atoms with E-state index in [2.05, 4.69) is 43.1 Å². The van der Waals surface area contributed by atoms with Crippen molar-refractivity contribution in [3.05, 3.63) is 0 Å². The predicted molar refractivity (Wildman–Crippen MR) is 88.9 cm³/mol. The average Bonchev–Trinajstić information content (AvgIpc) is 2.36. The van der Waals surface area contributed by atoms with Crippen LogP contribution in [0.5, 0.6) is 0 Å². The lowest BCUT2D eigenvalue weighted by Gasteiger charge is -2.45. The number of ether oxygens (including phenoxy) is 1. The lowest BCUT2D eigenvalue weighted by Crippen LogP contribution is -2.60. The fourth-order valence-corrected chi connectivity index (χ4v) is 3.36. The van der Waals surface area contributed by atoms with E-state index in [1.165, 1.54) is 0 Å². The minimum Gasteiger partial charge on any atom is -0.381 e. The third kappa shape index (κ3) is 5.21. The molecule has 2 fully saturated rings. The summed E-state index contributed by atoms with van der Waals surface area (Å²) >= 11 is 0. The van der Waals surface area contributed by atoms with Crippen molar-refractivity contribution in [1.29, 1.82) is 0 Å². The number of hydrogen-bond acceptors (Lipinski definition) is 4. The molecule has 0 aromatic carbocycles. The highest BCUT2D eigenvalue weighted by Crippen LogP contribution is 2.25. The molecule has 5 nitrogen and oxygen atoms in total. The molecule has 0 atom stereocenters. The number of amides is 1. The normalized spacial score (nSPS) is 21.9. The maximum absolute atomic E-state index is 12.4. The molecule has 1 amide bonds. The molecule has 2 saturated heterocycles. The molecule has 5 heteroatoms. The van der Waals surface area contributed by atoms with E-state index in [9.17, 15) is 4.79 Å². The molecule has 0 spiro atoms. The minimum atomic E-state index is -0.105. The smallest absolute Gasteiger partial charge is 0.226 e. The van der Waals surface area contributed by atoms with E-state index in [-0.39, 0.29) is 17.4 Å². The highest BCUT2D eigenvalue weighted by Gasteiger charge is 2.38. The summed E-state index contributed by atoms with van der Waals surface area (Å²) in [5, 5.41) is 3.25. The number of carbonyl (C=O) groups excluding carboxylic acids is 1. The minimum absolute atomic E-state index is 0.105. The Kier molecular flexibility index (Phi) is 6.24. The van der Waals surface area contributed by atoms with Gasteiger partial charge in [0.2, 0.25) is 5.91 Å². The molecule has 0 unspecified atom stereocenters. The summed E-state index contributed by atoms with van der Waals surface area (Å²) < 4.78 is 5.40. The van der Waals surface area contributed by atoms with Gasteiger partial charge in [0.25, 0.3) is 0 Å². The molecular formula is C17H33N3O2. The van der Waals surface area contributed by atoms with Gasteiger partial charge in [0.05, 0.1) is 5.92 Å². The first-order valence-corrected chi connectivity index (χ1v) is 8.66. The fourth-order valence-electron chi connectivity index (χ4n) is 3.36. The second kappa shape index (κ2) is 7.75. The maximum atomic E-state index is 12.4. The third-order valence-corrected chi connectivity index (χ3v) is 4.86. The zero-order chi connectivity index (χ0) is 16.2. The van der Waals surface area contributed by atoms with Crippen molar-refractivity contribution in [2.75, 3.05) is 46.9 Å². The van der Waals surface area contributed by atoms with Crippen LogP contribution in [0.4, 0.5) is 0 Å². The standard InChI is InChI=1S/C17H33N3O2/c1-17(2,8-5-9-19(3)4)18-16(21)14-12-20(13-14)15-6-10-22-11-7-15/h14-15H,5-13H2,1-4H3,(H,18,21). The van der Waals surface area contributed by atoms with E-state index in [0.29, 0.717) is 6.04 Å². The first kappa shape index (κ1) is 17.7. The highest BCUT2D eigenvalue weighted by atomic mass is 16.5. The molecule has 2 rings (SSSR count). The zero-order valence-corrected chi connectivity index (χ0v) is 14.7. The van der Waals surface area contributed by atoms with Gasteiger partial charge in [-0.25, -0.2) is 0 Å². The van der Waals surface area contributed by atoms with Crippen LogP contribution in [0.15, 0.2) is 0 Å². The van der Waals surface area contributed by atoms with E-state index in [1.807, 2.05) is 0 Å². The maximum Gasteiger partial charge on any atom is 0.226 e. The van der Waals surface area contributed by atoms with Gasteiger partial charge in [0, 0.05) is 37.9 Å². The first-order chi connectivity index (χ1) is 10.4. The Morgan fingerprint density at radius 1 is 1.27 bits per heavy atom. The number of likely N-dealkylation sites (tertiary alicyclic amines) is 1. The summed E-state index contributed by atoms with van der Waals surface area (Å²) in [5.74, 6) is 0.411.